The number of benzene rings is 1. The summed E-state index contributed by atoms with van der Waals surface area (Å²) in [6.45, 7) is 8.66. The van der Waals surface area contributed by atoms with Gasteiger partial charge in [0.05, 0.1) is 12.7 Å². The summed E-state index contributed by atoms with van der Waals surface area (Å²) in [7, 11) is 0. The number of hydrogen-bond acceptors (Lipinski definition) is 5. The molecule has 146 valence electrons. The van der Waals surface area contributed by atoms with Crippen molar-refractivity contribution in [2.75, 3.05) is 26.2 Å². The Labute approximate surface area is 165 Å². The van der Waals surface area contributed by atoms with Crippen molar-refractivity contribution in [3.8, 4) is 0 Å². The molecule has 1 aromatic carbocycles. The molecule has 0 amide bonds. The predicted octanol–water partition coefficient (Wildman–Crippen LogP) is 3.37. The van der Waals surface area contributed by atoms with E-state index in [0.29, 0.717) is 12.5 Å². The van der Waals surface area contributed by atoms with Crippen molar-refractivity contribution in [1.82, 2.24) is 19.7 Å². The standard InChI is InChI=1S/C20H27ClN4O2/c1-14-22-15(2)25(23-14)11-16-4-3-9-24(10-16)12-19-13-26-20(27-19)17-5-7-18(21)8-6-17/h5-8,16,19-20H,3-4,9-13H2,1-2H3/t16-,19-,20+/m1/s1. The van der Waals surface area contributed by atoms with Crippen LogP contribution in [0.4, 0.5) is 0 Å². The van der Waals surface area contributed by atoms with Gasteiger partial charge in [-0.3, -0.25) is 0 Å². The molecular formula is C20H27ClN4O2. The Balaban J connectivity index is 1.29. The first-order valence-corrected chi connectivity index (χ1v) is 10.1. The normalized spacial score (nSPS) is 26.6. The number of rotatable bonds is 5. The minimum atomic E-state index is -0.284. The number of ether oxygens (including phenoxy) is 2. The van der Waals surface area contributed by atoms with E-state index in [1.165, 1.54) is 12.8 Å². The minimum absolute atomic E-state index is 0.111. The average molecular weight is 391 g/mol. The lowest BCUT2D eigenvalue weighted by atomic mass is 9.98. The molecule has 0 unspecified atom stereocenters. The quantitative estimate of drug-likeness (QED) is 0.783. The summed E-state index contributed by atoms with van der Waals surface area (Å²) in [6, 6.07) is 7.68. The molecule has 3 atom stereocenters. The number of aromatic nitrogens is 3. The monoisotopic (exact) mass is 390 g/mol. The highest BCUT2D eigenvalue weighted by Gasteiger charge is 2.30. The molecule has 0 spiro atoms. The van der Waals surface area contributed by atoms with Crippen LogP contribution in [0.25, 0.3) is 0 Å². The van der Waals surface area contributed by atoms with E-state index in [0.717, 1.165) is 48.4 Å². The van der Waals surface area contributed by atoms with Crippen molar-refractivity contribution in [3.63, 3.8) is 0 Å². The first kappa shape index (κ1) is 18.9. The van der Waals surface area contributed by atoms with E-state index in [1.807, 2.05) is 38.1 Å². The summed E-state index contributed by atoms with van der Waals surface area (Å²) in [5, 5.41) is 5.24. The minimum Gasteiger partial charge on any atom is -0.346 e. The van der Waals surface area contributed by atoms with Gasteiger partial charge in [0.15, 0.2) is 6.29 Å². The highest BCUT2D eigenvalue weighted by Crippen LogP contribution is 2.29. The Morgan fingerprint density at radius 3 is 2.74 bits per heavy atom. The molecule has 0 saturated carbocycles. The van der Waals surface area contributed by atoms with Crippen LogP contribution in [0.3, 0.4) is 0 Å². The molecule has 1 aromatic heterocycles. The van der Waals surface area contributed by atoms with Crippen LogP contribution in [0.15, 0.2) is 24.3 Å². The molecule has 2 aromatic rings. The summed E-state index contributed by atoms with van der Waals surface area (Å²) in [5.74, 6) is 2.46. The number of nitrogens with zero attached hydrogens (tertiary/aromatic N) is 4. The molecule has 0 radical (unpaired) electrons. The molecule has 2 fully saturated rings. The van der Waals surface area contributed by atoms with Gasteiger partial charge in [-0.05, 0) is 51.3 Å². The van der Waals surface area contributed by atoms with Gasteiger partial charge < -0.3 is 14.4 Å². The second-order valence-electron chi connectivity index (χ2n) is 7.63. The van der Waals surface area contributed by atoms with Crippen molar-refractivity contribution in [2.24, 2.45) is 5.92 Å². The maximum absolute atomic E-state index is 6.13. The van der Waals surface area contributed by atoms with Gasteiger partial charge in [0.2, 0.25) is 0 Å². The van der Waals surface area contributed by atoms with Crippen LogP contribution in [-0.2, 0) is 16.0 Å². The summed E-state index contributed by atoms with van der Waals surface area (Å²) in [6.07, 6.45) is 2.28. The summed E-state index contributed by atoms with van der Waals surface area (Å²) >= 11 is 5.96. The summed E-state index contributed by atoms with van der Waals surface area (Å²) in [4.78, 5) is 6.92. The van der Waals surface area contributed by atoms with Crippen molar-refractivity contribution in [3.05, 3.63) is 46.5 Å². The molecule has 6 nitrogen and oxygen atoms in total. The lowest BCUT2D eigenvalue weighted by Crippen LogP contribution is -2.42. The van der Waals surface area contributed by atoms with E-state index in [2.05, 4.69) is 19.7 Å². The highest BCUT2D eigenvalue weighted by atomic mass is 35.5. The van der Waals surface area contributed by atoms with Gasteiger partial charge in [0.25, 0.3) is 0 Å². The smallest absolute Gasteiger partial charge is 0.184 e. The largest absolute Gasteiger partial charge is 0.346 e. The molecule has 0 bridgehead atoms. The molecule has 0 N–H and O–H groups in total. The second kappa shape index (κ2) is 8.27. The zero-order valence-electron chi connectivity index (χ0n) is 16.0. The molecule has 2 aliphatic heterocycles. The van der Waals surface area contributed by atoms with Gasteiger partial charge in [-0.2, -0.15) is 5.10 Å². The zero-order chi connectivity index (χ0) is 18.8. The summed E-state index contributed by atoms with van der Waals surface area (Å²) in [5.41, 5.74) is 1.02. The number of halogens is 1. The van der Waals surface area contributed by atoms with Crippen molar-refractivity contribution in [2.45, 2.75) is 45.6 Å². The Kier molecular flexibility index (Phi) is 5.78. The first-order valence-electron chi connectivity index (χ1n) is 9.70. The topological polar surface area (TPSA) is 52.4 Å². The van der Waals surface area contributed by atoms with Crippen LogP contribution < -0.4 is 0 Å². The van der Waals surface area contributed by atoms with Crippen molar-refractivity contribution >= 4 is 11.6 Å². The maximum Gasteiger partial charge on any atom is 0.184 e. The van der Waals surface area contributed by atoms with E-state index in [1.54, 1.807) is 0 Å². The molecule has 4 rings (SSSR count). The lowest BCUT2D eigenvalue weighted by Gasteiger charge is -2.33. The van der Waals surface area contributed by atoms with Crippen LogP contribution in [0.1, 0.15) is 36.3 Å². The highest BCUT2D eigenvalue weighted by molar-refractivity contribution is 6.30. The Morgan fingerprint density at radius 1 is 1.19 bits per heavy atom. The first-order chi connectivity index (χ1) is 13.1. The lowest BCUT2D eigenvalue weighted by molar-refractivity contribution is -0.0657. The molecular weight excluding hydrogens is 364 g/mol. The fourth-order valence-corrected chi connectivity index (χ4v) is 4.20. The van der Waals surface area contributed by atoms with Crippen LogP contribution in [0, 0.1) is 19.8 Å². The SMILES string of the molecule is Cc1nc(C)n(C[C@@H]2CCCN(C[C@@H]3CO[C@H](c4ccc(Cl)cc4)O3)C2)n1. The number of aryl methyl sites for hydroxylation is 2. The van der Waals surface area contributed by atoms with Crippen LogP contribution >= 0.6 is 11.6 Å². The van der Waals surface area contributed by atoms with E-state index in [-0.39, 0.29) is 12.4 Å². The van der Waals surface area contributed by atoms with E-state index in [4.69, 9.17) is 21.1 Å². The third-order valence-corrected chi connectivity index (χ3v) is 5.60. The van der Waals surface area contributed by atoms with Gasteiger partial charge in [-0.15, -0.1) is 0 Å². The van der Waals surface area contributed by atoms with Crippen molar-refractivity contribution in [1.29, 1.82) is 0 Å². The Morgan fingerprint density at radius 2 is 2.00 bits per heavy atom. The van der Waals surface area contributed by atoms with Gasteiger partial charge in [-0.1, -0.05) is 23.7 Å². The van der Waals surface area contributed by atoms with Crippen LogP contribution in [0.2, 0.25) is 5.02 Å². The number of hydrogen-bond donors (Lipinski definition) is 0. The maximum atomic E-state index is 6.13. The third-order valence-electron chi connectivity index (χ3n) is 5.35. The van der Waals surface area contributed by atoms with E-state index in [9.17, 15) is 0 Å². The Hall–Kier alpha value is -1.47. The van der Waals surface area contributed by atoms with Gasteiger partial charge >= 0.3 is 0 Å². The van der Waals surface area contributed by atoms with Crippen LogP contribution in [-0.4, -0.2) is 52.0 Å². The molecule has 2 aliphatic rings. The van der Waals surface area contributed by atoms with E-state index >= 15 is 0 Å². The number of piperidine rings is 1. The molecule has 3 heterocycles. The fourth-order valence-electron chi connectivity index (χ4n) is 4.07. The molecule has 2 saturated heterocycles. The second-order valence-corrected chi connectivity index (χ2v) is 8.07. The molecule has 7 heteroatoms. The van der Waals surface area contributed by atoms with E-state index < -0.39 is 0 Å². The molecule has 0 aliphatic carbocycles. The summed E-state index contributed by atoms with van der Waals surface area (Å²) < 4.78 is 14.0. The third kappa shape index (κ3) is 4.69. The fraction of sp³-hybridized carbons (Fsp3) is 0.600. The predicted molar refractivity (Wildman–Crippen MR) is 104 cm³/mol. The zero-order valence-corrected chi connectivity index (χ0v) is 16.7. The number of likely N-dealkylation sites (tertiary alicyclic amines) is 1. The van der Waals surface area contributed by atoms with Crippen LogP contribution in [0.5, 0.6) is 0 Å². The Bertz CT molecular complexity index is 764. The van der Waals surface area contributed by atoms with Gasteiger partial charge in [0, 0.05) is 30.2 Å². The average Bonchev–Trinajstić information content (AvgIpc) is 3.22. The van der Waals surface area contributed by atoms with Crippen molar-refractivity contribution < 1.29 is 9.47 Å². The molecule has 27 heavy (non-hydrogen) atoms. The van der Waals surface area contributed by atoms with Gasteiger partial charge in [0.1, 0.15) is 11.6 Å². The van der Waals surface area contributed by atoms with Gasteiger partial charge in [-0.25, -0.2) is 9.67 Å².